The molecule has 0 saturated heterocycles. The third kappa shape index (κ3) is 32.8. The number of benzene rings is 12. The van der Waals surface area contributed by atoms with Crippen LogP contribution in [0.5, 0.6) is 0 Å². The fourth-order valence-electron chi connectivity index (χ4n) is 13.3. The number of thiophene rings is 7. The van der Waals surface area contributed by atoms with Crippen molar-refractivity contribution in [3.05, 3.63) is 497 Å². The summed E-state index contributed by atoms with van der Waals surface area (Å²) in [5.41, 5.74) is 3.68. The van der Waals surface area contributed by atoms with E-state index in [1.165, 1.54) is 94.5 Å². The zero-order chi connectivity index (χ0) is 90.9. The maximum Gasteiger partial charge on any atom is 1.00 e. The van der Waals surface area contributed by atoms with Gasteiger partial charge in [-0.25, -0.2) is 9.97 Å². The van der Waals surface area contributed by atoms with E-state index in [0.29, 0.717) is 4.78 Å². The van der Waals surface area contributed by atoms with Crippen molar-refractivity contribution in [2.24, 2.45) is 0 Å². The number of rotatable bonds is 20. The summed E-state index contributed by atoms with van der Waals surface area (Å²) >= 11 is 18.6. The number of halogens is 2. The smallest absolute Gasteiger partial charge is 1.00 e. The molecule has 0 atom stereocenters. The molecule has 0 amide bonds. The average Bonchev–Trinajstić information content (AvgIpc) is 1.76. The van der Waals surface area contributed by atoms with E-state index >= 15 is 0 Å². The van der Waals surface area contributed by atoms with Crippen LogP contribution < -0.4 is 133 Å². The van der Waals surface area contributed by atoms with Gasteiger partial charge in [0.05, 0.1) is 74.6 Å². The molecule has 21 rings (SSSR count). The molecule has 9 nitrogen and oxygen atoms in total. The van der Waals surface area contributed by atoms with Crippen molar-refractivity contribution in [1.82, 2.24) is 19.9 Å². The number of aromatic nitrogens is 4. The molecule has 0 spiro atoms. The van der Waals surface area contributed by atoms with Gasteiger partial charge >= 0.3 is 66.2 Å². The van der Waals surface area contributed by atoms with Crippen LogP contribution in [0.3, 0.4) is 0 Å². The second kappa shape index (κ2) is 59.0. The third-order valence-electron chi connectivity index (χ3n) is 19.2. The molecule has 9 heterocycles. The maximum atomic E-state index is 8.64. The molecule has 9 aromatic heterocycles. The monoisotopic (exact) mass is 2200 g/mol. The van der Waals surface area contributed by atoms with Crippen molar-refractivity contribution < 1.29 is 106 Å². The van der Waals surface area contributed by atoms with Crippen LogP contribution >= 0.6 is 143 Å². The fraction of sp³-hybridized carbons (Fsp3) is 0. The minimum Gasteiger partial charge on any atom is -1.00 e. The van der Waals surface area contributed by atoms with E-state index in [4.69, 9.17) is 25.1 Å². The molecule has 662 valence electrons. The predicted octanol–water partition coefficient (Wildman–Crippen LogP) is 18.6. The van der Waals surface area contributed by atoms with E-state index in [-0.39, 0.29) is 87.4 Å². The Kier molecular flexibility index (Phi) is 46.7. The first-order valence-electron chi connectivity index (χ1n) is 41.5. The predicted molar refractivity (Wildman–Crippen MR) is 582 cm³/mol. The van der Waals surface area contributed by atoms with Crippen LogP contribution in [0.4, 0.5) is 0 Å². The Bertz CT molecular complexity index is 5830. The molecule has 135 heavy (non-hydrogen) atoms. The van der Waals surface area contributed by atoms with Gasteiger partial charge in [0.1, 0.15) is 0 Å². The van der Waals surface area contributed by atoms with Crippen molar-refractivity contribution in [1.29, 1.82) is 0 Å². The van der Waals surface area contributed by atoms with Gasteiger partial charge in [0.25, 0.3) is 6.47 Å². The number of hydrogen-bond acceptors (Lipinski definition) is 16. The van der Waals surface area contributed by atoms with Crippen molar-refractivity contribution >= 4 is 225 Å². The van der Waals surface area contributed by atoms with Crippen LogP contribution in [-0.4, -0.2) is 43.6 Å². The number of carbonyl (C=O) groups is 1. The summed E-state index contributed by atoms with van der Waals surface area (Å²) in [5.74, 6) is 0. The first-order valence-corrected chi connectivity index (χ1v) is 54.3. The zero-order valence-electron chi connectivity index (χ0n) is 74.0. The molecule has 26 heteroatoms. The van der Waals surface area contributed by atoms with Crippen molar-refractivity contribution in [3.8, 4) is 61.8 Å². The number of nitrogens with zero attached hydrogens (tertiary/aromatic N) is 4. The molecule has 0 aliphatic heterocycles. The molecule has 2 N–H and O–H groups in total. The quantitative estimate of drug-likeness (QED) is 0.0251. The largest absolute Gasteiger partial charge is 1.00 e. The van der Waals surface area contributed by atoms with E-state index in [1.807, 2.05) is 36.7 Å². The van der Waals surface area contributed by atoms with E-state index in [0.717, 1.165) is 49.9 Å². The van der Waals surface area contributed by atoms with E-state index < -0.39 is 38.8 Å². The minimum atomic E-state index is -1.30. The van der Waals surface area contributed by atoms with Gasteiger partial charge in [0.15, 0.2) is 0 Å². The molecule has 0 radical (unpaired) electrons. The zero-order valence-corrected chi connectivity index (χ0v) is 91.1. The maximum absolute atomic E-state index is 8.64. The van der Waals surface area contributed by atoms with Crippen LogP contribution in [0.2, 0.25) is 0 Å². The van der Waals surface area contributed by atoms with Gasteiger partial charge in [-0.15, -0.1) is 68.0 Å². The fourth-order valence-corrected chi connectivity index (χ4v) is 29.4. The summed E-state index contributed by atoms with van der Waals surface area (Å²) < 4.78 is 2.79. The van der Waals surface area contributed by atoms with Crippen LogP contribution in [0.25, 0.3) is 61.8 Å². The molecule has 0 aliphatic rings. The molecule has 21 aromatic rings. The first kappa shape index (κ1) is 107. The molecule has 0 saturated carbocycles. The van der Waals surface area contributed by atoms with Crippen LogP contribution in [-0.2, 0) is 30.1 Å². The third-order valence-corrected chi connectivity index (χ3v) is 37.5. The Hall–Kier alpha value is -8.54. The summed E-state index contributed by atoms with van der Waals surface area (Å²) in [6, 6.07) is 158. The Morgan fingerprint density at radius 1 is 0.267 bits per heavy atom. The summed E-state index contributed by atoms with van der Waals surface area (Å²) in [6.07, 6.45) is 7.29. The van der Waals surface area contributed by atoms with Gasteiger partial charge < -0.3 is 21.6 Å². The Morgan fingerprint density at radius 3 is 0.622 bits per heavy atom. The molecule has 0 unspecified atom stereocenters. The van der Waals surface area contributed by atoms with E-state index in [2.05, 4.69) is 475 Å². The minimum absolute atomic E-state index is 0. The van der Waals surface area contributed by atoms with Crippen LogP contribution in [0, 0.1) is 0 Å². The summed E-state index contributed by atoms with van der Waals surface area (Å²) in [5, 5.41) is 48.2. The molecule has 0 fully saturated rings. The van der Waals surface area contributed by atoms with Gasteiger partial charge in [-0.1, -0.05) is 388 Å². The van der Waals surface area contributed by atoms with E-state index in [9.17, 15) is 0 Å². The van der Waals surface area contributed by atoms with Gasteiger partial charge in [-0.2, -0.15) is 11.3 Å². The molecular weight excluding hydrogens is 2120 g/mol. The van der Waals surface area contributed by atoms with Gasteiger partial charge in [0.2, 0.25) is 0 Å². The van der Waals surface area contributed by atoms with Crippen LogP contribution in [0.15, 0.2) is 497 Å². The molecule has 0 bridgehead atoms. The normalized spacial score (nSPS) is 10.2. The van der Waals surface area contributed by atoms with Gasteiger partial charge in [0, 0.05) is 44.7 Å². The number of carbonyl (C=O) groups excluding carboxylic acids is 1. The first-order chi connectivity index (χ1) is 65.1. The summed E-state index contributed by atoms with van der Waals surface area (Å²) in [4.78, 5) is 39.2. The van der Waals surface area contributed by atoms with Crippen molar-refractivity contribution in [2.45, 2.75) is 0 Å². The summed E-state index contributed by atoms with van der Waals surface area (Å²) in [6.45, 7) is -0.181. The number of hydrogen-bond donors (Lipinski definition) is 2. The Balaban J connectivity index is 0.000000164. The standard InChI is InChI=1S/C20H12N2S4.4C18H15P.C12H6Br2N2S2.C4H5BO2S.CH2O3.2Na.Pd.H/c1-3-17(23-9-1)19-7-5-15(25-19)13-11-21-12-14(22-13)16-6-8-20(26-16)18-4-2-10-24-18;4*1-4-10-16(11-5-1)19(17-12-6-2-7-13-17)18-14-8-3-9-15-18;13-11-3-1-9(17-11)7-5-15-6-8(16-7)10-2-4-12(14)18-10;6-5(7)4-2-1-3-8-4;2-1-4-3;;;;/h1-12H;4*1-15H;1-6H;1-3,6-7H;1,3H;;;;/q;;;;;;;;2*+1;;-1/p-1. The summed E-state index contributed by atoms with van der Waals surface area (Å²) in [7, 11) is -3.08. The van der Waals surface area contributed by atoms with E-state index in [1.54, 1.807) is 97.9 Å². The molecular formula is C109H85BBr2N4Na2O5P4PdS7. The molecule has 12 aromatic carbocycles. The van der Waals surface area contributed by atoms with Gasteiger partial charge in [-0.3, -0.25) is 14.8 Å². The topological polar surface area (TPSA) is 141 Å². The van der Waals surface area contributed by atoms with Crippen LogP contribution in [0.1, 0.15) is 1.43 Å². The van der Waals surface area contributed by atoms with Crippen molar-refractivity contribution in [3.63, 3.8) is 0 Å². The Labute approximate surface area is 899 Å². The average molecular weight is 2200 g/mol. The second-order valence-corrected chi connectivity index (χ2v) is 46.9. The van der Waals surface area contributed by atoms with Gasteiger partial charge in [-0.05, 0) is 204 Å². The SMILES string of the molecule is Brc1ccc(-c2cncc(-c3ccc(Br)s3)n2)s1.O=CO[O-].OB(O)c1cccs1.[H-].[Na+].[Na+].[Pd].c1ccc(P(c2ccccc2)c2ccccc2)cc1.c1ccc(P(c2ccccc2)c2ccccc2)cc1.c1ccc(P(c2ccccc2)c2ccccc2)cc1.c1ccc(P(c2ccccc2)c2ccccc2)cc1.c1csc(-c2ccc(-c3cncc(-c4ccc(-c5cccs5)s4)n3)s2)c1. The Morgan fingerprint density at radius 2 is 0.459 bits per heavy atom. The molecule has 0 aliphatic carbocycles. The second-order valence-electron chi connectivity index (χ2n) is 28.0. The van der Waals surface area contributed by atoms with Crippen molar-refractivity contribution in [2.75, 3.05) is 0 Å².